The molecule has 2 rings (SSSR count). The topological polar surface area (TPSA) is 42.2 Å². The fourth-order valence-electron chi connectivity index (χ4n) is 1.58. The number of nitriles is 1. The minimum absolute atomic E-state index is 0.596. The number of benzene rings is 2. The fourth-order valence-corrected chi connectivity index (χ4v) is 1.58. The summed E-state index contributed by atoms with van der Waals surface area (Å²) < 4.78 is 11.1. The third-order valence-corrected chi connectivity index (χ3v) is 2.55. The van der Waals surface area contributed by atoms with Crippen LogP contribution in [0.3, 0.4) is 0 Å². The van der Waals surface area contributed by atoms with Gasteiger partial charge in [0.15, 0.2) is 0 Å². The average Bonchev–Trinajstić information content (AvgIpc) is 2.49. The van der Waals surface area contributed by atoms with E-state index in [2.05, 4.69) is 6.07 Å². The first-order valence-corrected chi connectivity index (χ1v) is 6.19. The van der Waals surface area contributed by atoms with Gasteiger partial charge in [-0.3, -0.25) is 0 Å². The average molecular weight is 253 g/mol. The highest BCUT2D eigenvalue weighted by atomic mass is 16.5. The Labute approximate surface area is 113 Å². The lowest BCUT2D eigenvalue weighted by molar-refractivity contribution is 0.247. The number of para-hydroxylation sites is 1. The quantitative estimate of drug-likeness (QED) is 0.741. The van der Waals surface area contributed by atoms with Crippen LogP contribution < -0.4 is 9.47 Å². The molecule has 3 nitrogen and oxygen atoms in total. The molecule has 0 heterocycles. The number of ether oxygens (including phenoxy) is 2. The van der Waals surface area contributed by atoms with Gasteiger partial charge in [-0.1, -0.05) is 18.2 Å². The highest BCUT2D eigenvalue weighted by Gasteiger charge is 1.96. The Morgan fingerprint density at radius 2 is 1.37 bits per heavy atom. The Kier molecular flexibility index (Phi) is 4.83. The predicted molar refractivity (Wildman–Crippen MR) is 73.2 cm³/mol. The van der Waals surface area contributed by atoms with E-state index in [-0.39, 0.29) is 0 Å². The first-order valence-electron chi connectivity index (χ1n) is 6.19. The van der Waals surface area contributed by atoms with E-state index in [9.17, 15) is 0 Å². The van der Waals surface area contributed by atoms with Crippen LogP contribution >= 0.6 is 0 Å². The van der Waals surface area contributed by atoms with Crippen LogP contribution in [0.2, 0.25) is 0 Å². The molecule has 0 saturated heterocycles. The number of nitrogens with zero attached hydrogens (tertiary/aromatic N) is 1. The first kappa shape index (κ1) is 13.0. The molecular formula is C16H15NO2. The smallest absolute Gasteiger partial charge is 0.119 e. The summed E-state index contributed by atoms with van der Waals surface area (Å²) >= 11 is 0. The minimum Gasteiger partial charge on any atom is -0.493 e. The predicted octanol–water partition coefficient (Wildman–Crippen LogP) is 3.41. The highest BCUT2D eigenvalue weighted by molar-refractivity contribution is 5.34. The maximum Gasteiger partial charge on any atom is 0.119 e. The lowest BCUT2D eigenvalue weighted by Crippen LogP contribution is -2.04. The van der Waals surface area contributed by atoms with E-state index < -0.39 is 0 Å². The van der Waals surface area contributed by atoms with E-state index in [0.29, 0.717) is 18.8 Å². The molecule has 0 aliphatic rings. The van der Waals surface area contributed by atoms with Gasteiger partial charge in [0.25, 0.3) is 0 Å². The molecule has 0 N–H and O–H groups in total. The van der Waals surface area contributed by atoms with Gasteiger partial charge in [0.2, 0.25) is 0 Å². The van der Waals surface area contributed by atoms with Crippen molar-refractivity contribution in [2.75, 3.05) is 13.2 Å². The molecule has 0 amide bonds. The van der Waals surface area contributed by atoms with Gasteiger partial charge in [-0.2, -0.15) is 5.26 Å². The van der Waals surface area contributed by atoms with Crippen LogP contribution in [0.25, 0.3) is 0 Å². The van der Waals surface area contributed by atoms with E-state index in [0.717, 1.165) is 17.9 Å². The molecular weight excluding hydrogens is 238 g/mol. The molecule has 0 bridgehead atoms. The van der Waals surface area contributed by atoms with Gasteiger partial charge in [-0.25, -0.2) is 0 Å². The molecule has 0 unspecified atom stereocenters. The molecule has 0 radical (unpaired) electrons. The molecule has 0 aliphatic carbocycles. The number of rotatable bonds is 6. The summed E-state index contributed by atoms with van der Waals surface area (Å²) in [7, 11) is 0. The molecule has 0 aliphatic heterocycles. The molecule has 2 aromatic rings. The van der Waals surface area contributed by atoms with E-state index in [1.165, 1.54) is 0 Å². The molecule has 0 spiro atoms. The van der Waals surface area contributed by atoms with Crippen molar-refractivity contribution in [3.63, 3.8) is 0 Å². The van der Waals surface area contributed by atoms with E-state index in [4.69, 9.17) is 14.7 Å². The maximum atomic E-state index is 8.68. The lowest BCUT2D eigenvalue weighted by atomic mass is 10.2. The van der Waals surface area contributed by atoms with Crippen LogP contribution in [0.1, 0.15) is 12.0 Å². The zero-order chi connectivity index (χ0) is 13.3. The van der Waals surface area contributed by atoms with Gasteiger partial charge in [0.1, 0.15) is 11.5 Å². The molecule has 0 saturated carbocycles. The molecule has 0 fully saturated rings. The van der Waals surface area contributed by atoms with Crippen molar-refractivity contribution in [3.8, 4) is 17.6 Å². The number of hydrogen-bond acceptors (Lipinski definition) is 3. The lowest BCUT2D eigenvalue weighted by Gasteiger charge is -2.07. The SMILES string of the molecule is N#Cc1ccc(OCCCOc2ccccc2)cc1. The zero-order valence-corrected chi connectivity index (χ0v) is 10.6. The van der Waals surface area contributed by atoms with Crippen LogP contribution in [0.4, 0.5) is 0 Å². The summed E-state index contributed by atoms with van der Waals surface area (Å²) in [6.45, 7) is 1.22. The summed E-state index contributed by atoms with van der Waals surface area (Å²) in [5.74, 6) is 1.65. The van der Waals surface area contributed by atoms with Crippen molar-refractivity contribution in [1.29, 1.82) is 5.26 Å². The normalized spacial score (nSPS) is 9.63. The first-order chi connectivity index (χ1) is 9.38. The van der Waals surface area contributed by atoms with Crippen molar-refractivity contribution in [2.45, 2.75) is 6.42 Å². The van der Waals surface area contributed by atoms with Gasteiger partial charge in [0.05, 0.1) is 24.8 Å². The summed E-state index contributed by atoms with van der Waals surface area (Å²) in [6.07, 6.45) is 0.814. The Bertz CT molecular complexity index is 529. The number of hydrogen-bond donors (Lipinski definition) is 0. The monoisotopic (exact) mass is 253 g/mol. The van der Waals surface area contributed by atoms with E-state index in [1.807, 2.05) is 30.3 Å². The van der Waals surface area contributed by atoms with Crippen LogP contribution in [-0.2, 0) is 0 Å². The Morgan fingerprint density at radius 3 is 1.95 bits per heavy atom. The maximum absolute atomic E-state index is 8.68. The van der Waals surface area contributed by atoms with Gasteiger partial charge in [-0.05, 0) is 36.4 Å². The Morgan fingerprint density at radius 1 is 0.789 bits per heavy atom. The van der Waals surface area contributed by atoms with Crippen molar-refractivity contribution < 1.29 is 9.47 Å². The van der Waals surface area contributed by atoms with Gasteiger partial charge in [-0.15, -0.1) is 0 Å². The molecule has 0 atom stereocenters. The molecule has 2 aromatic carbocycles. The fraction of sp³-hybridized carbons (Fsp3) is 0.188. The molecule has 0 aromatic heterocycles. The Hall–Kier alpha value is -2.47. The third-order valence-electron chi connectivity index (χ3n) is 2.55. The second-order valence-corrected chi connectivity index (χ2v) is 4.00. The second kappa shape index (κ2) is 7.07. The molecule has 19 heavy (non-hydrogen) atoms. The van der Waals surface area contributed by atoms with Crippen molar-refractivity contribution in [1.82, 2.24) is 0 Å². The molecule has 3 heteroatoms. The van der Waals surface area contributed by atoms with Crippen LogP contribution in [0.5, 0.6) is 11.5 Å². The standard InChI is InChI=1S/C16H15NO2/c17-13-14-7-9-16(10-8-14)19-12-4-11-18-15-5-2-1-3-6-15/h1-3,5-10H,4,11-12H2. The summed E-state index contributed by atoms with van der Waals surface area (Å²) in [4.78, 5) is 0. The Balaban J connectivity index is 1.65. The van der Waals surface area contributed by atoms with E-state index in [1.54, 1.807) is 24.3 Å². The highest BCUT2D eigenvalue weighted by Crippen LogP contribution is 2.12. The van der Waals surface area contributed by atoms with Gasteiger partial charge >= 0.3 is 0 Å². The summed E-state index contributed by atoms with van der Waals surface area (Å²) in [5.41, 5.74) is 0.639. The second-order valence-electron chi connectivity index (χ2n) is 4.00. The zero-order valence-electron chi connectivity index (χ0n) is 10.6. The van der Waals surface area contributed by atoms with Crippen LogP contribution in [0.15, 0.2) is 54.6 Å². The van der Waals surface area contributed by atoms with Crippen molar-refractivity contribution in [3.05, 3.63) is 60.2 Å². The summed E-state index contributed by atoms with van der Waals surface area (Å²) in [5, 5.41) is 8.68. The van der Waals surface area contributed by atoms with Crippen LogP contribution in [-0.4, -0.2) is 13.2 Å². The van der Waals surface area contributed by atoms with Gasteiger partial charge < -0.3 is 9.47 Å². The van der Waals surface area contributed by atoms with E-state index >= 15 is 0 Å². The largest absolute Gasteiger partial charge is 0.493 e. The van der Waals surface area contributed by atoms with Gasteiger partial charge in [0, 0.05) is 6.42 Å². The minimum atomic E-state index is 0.596. The van der Waals surface area contributed by atoms with Crippen LogP contribution in [0, 0.1) is 11.3 Å². The van der Waals surface area contributed by atoms with Crippen molar-refractivity contribution >= 4 is 0 Å². The summed E-state index contributed by atoms with van der Waals surface area (Å²) in [6, 6.07) is 18.9. The third kappa shape index (κ3) is 4.36. The van der Waals surface area contributed by atoms with Crippen molar-refractivity contribution in [2.24, 2.45) is 0 Å². The molecule has 96 valence electrons.